The van der Waals surface area contributed by atoms with Gasteiger partial charge in [0.15, 0.2) is 0 Å². The molecule has 0 bridgehead atoms. The predicted molar refractivity (Wildman–Crippen MR) is 96.7 cm³/mol. The van der Waals surface area contributed by atoms with Crippen LogP contribution in [0.2, 0.25) is 0 Å². The summed E-state index contributed by atoms with van der Waals surface area (Å²) in [5.74, 6) is -0.0462. The van der Waals surface area contributed by atoms with Gasteiger partial charge in [-0.1, -0.05) is 55.1 Å². The second kappa shape index (κ2) is 7.10. The fourth-order valence-corrected chi connectivity index (χ4v) is 2.73. The first-order chi connectivity index (χ1) is 11.3. The fraction of sp³-hybridized carbons (Fsp3) is 0.143. The lowest BCUT2D eigenvalue weighted by Gasteiger charge is -2.14. The van der Waals surface area contributed by atoms with Gasteiger partial charge in [0, 0.05) is 16.9 Å². The molecule has 1 N–H and O–H groups in total. The van der Waals surface area contributed by atoms with Crippen LogP contribution in [0.3, 0.4) is 0 Å². The van der Waals surface area contributed by atoms with Gasteiger partial charge in [-0.2, -0.15) is 0 Å². The van der Waals surface area contributed by atoms with Gasteiger partial charge < -0.3 is 5.32 Å². The normalized spacial score (nSPS) is 14.5. The summed E-state index contributed by atoms with van der Waals surface area (Å²) >= 11 is 0. The van der Waals surface area contributed by atoms with Crippen molar-refractivity contribution in [3.8, 4) is 11.1 Å². The highest BCUT2D eigenvalue weighted by molar-refractivity contribution is 5.79. The number of para-hydroxylation sites is 1. The van der Waals surface area contributed by atoms with Crippen LogP contribution in [0.25, 0.3) is 17.2 Å². The van der Waals surface area contributed by atoms with E-state index in [2.05, 4.69) is 48.3 Å². The van der Waals surface area contributed by atoms with E-state index in [0.29, 0.717) is 6.42 Å². The molecular formula is C21H20FN. The van der Waals surface area contributed by atoms with Crippen molar-refractivity contribution in [1.29, 1.82) is 0 Å². The van der Waals surface area contributed by atoms with Crippen molar-refractivity contribution in [3.63, 3.8) is 0 Å². The Balaban J connectivity index is 1.89. The van der Waals surface area contributed by atoms with E-state index in [9.17, 15) is 4.39 Å². The van der Waals surface area contributed by atoms with Crippen LogP contribution in [-0.2, 0) is 0 Å². The van der Waals surface area contributed by atoms with E-state index in [4.69, 9.17) is 0 Å². The van der Waals surface area contributed by atoms with Crippen molar-refractivity contribution < 1.29 is 4.39 Å². The molecule has 0 unspecified atom stereocenters. The molecule has 0 heterocycles. The smallest absolute Gasteiger partial charge is 0.1000 e. The van der Waals surface area contributed by atoms with Gasteiger partial charge in [-0.3, -0.25) is 0 Å². The van der Waals surface area contributed by atoms with E-state index in [1.165, 1.54) is 0 Å². The van der Waals surface area contributed by atoms with Crippen molar-refractivity contribution in [1.82, 2.24) is 0 Å². The lowest BCUT2D eigenvalue weighted by atomic mass is 10.0. The van der Waals surface area contributed by atoms with E-state index >= 15 is 0 Å². The molecule has 0 saturated carbocycles. The fourth-order valence-electron chi connectivity index (χ4n) is 2.73. The minimum Gasteiger partial charge on any atom is -0.358 e. The zero-order valence-electron chi connectivity index (χ0n) is 13.1. The van der Waals surface area contributed by atoms with Crippen molar-refractivity contribution >= 4 is 11.8 Å². The maximum Gasteiger partial charge on any atom is 0.1000 e. The first kappa shape index (κ1) is 15.3. The number of rotatable bonds is 4. The van der Waals surface area contributed by atoms with E-state index in [0.717, 1.165) is 40.9 Å². The summed E-state index contributed by atoms with van der Waals surface area (Å²) in [5.41, 5.74) is 5.48. The SMILES string of the molecule is C=Cc1ccc(-c2ccccc2NC2=CC=C(F)CCC2)cc1. The Labute approximate surface area is 136 Å². The van der Waals surface area contributed by atoms with Crippen LogP contribution < -0.4 is 5.32 Å². The largest absolute Gasteiger partial charge is 0.358 e. The van der Waals surface area contributed by atoms with Gasteiger partial charge >= 0.3 is 0 Å². The molecular weight excluding hydrogens is 285 g/mol. The molecule has 1 nitrogen and oxygen atoms in total. The van der Waals surface area contributed by atoms with Gasteiger partial charge in [0.2, 0.25) is 0 Å². The predicted octanol–water partition coefficient (Wildman–Crippen LogP) is 6.33. The molecule has 1 aliphatic carbocycles. The van der Waals surface area contributed by atoms with E-state index < -0.39 is 0 Å². The molecule has 0 amide bonds. The van der Waals surface area contributed by atoms with Gasteiger partial charge in [0.25, 0.3) is 0 Å². The maximum atomic E-state index is 13.4. The molecule has 23 heavy (non-hydrogen) atoms. The molecule has 0 fully saturated rings. The third-order valence-electron chi connectivity index (χ3n) is 4.01. The molecule has 2 aromatic rings. The highest BCUT2D eigenvalue weighted by Gasteiger charge is 2.08. The molecule has 2 aromatic carbocycles. The molecule has 3 rings (SSSR count). The van der Waals surface area contributed by atoms with Crippen molar-refractivity contribution in [2.75, 3.05) is 5.32 Å². The Kier molecular flexibility index (Phi) is 4.72. The molecule has 0 spiro atoms. The van der Waals surface area contributed by atoms with Crippen molar-refractivity contribution in [2.45, 2.75) is 19.3 Å². The van der Waals surface area contributed by atoms with Crippen LogP contribution in [0, 0.1) is 0 Å². The minimum absolute atomic E-state index is 0.0462. The Morgan fingerprint density at radius 2 is 1.74 bits per heavy atom. The highest BCUT2D eigenvalue weighted by atomic mass is 19.1. The van der Waals surface area contributed by atoms with E-state index in [-0.39, 0.29) is 5.83 Å². The summed E-state index contributed by atoms with van der Waals surface area (Å²) in [6.07, 6.45) is 7.46. The summed E-state index contributed by atoms with van der Waals surface area (Å²) in [7, 11) is 0. The molecule has 0 saturated heterocycles. The minimum atomic E-state index is -0.0462. The van der Waals surface area contributed by atoms with Gasteiger partial charge in [0.1, 0.15) is 0 Å². The lowest BCUT2D eigenvalue weighted by molar-refractivity contribution is 0.577. The summed E-state index contributed by atoms with van der Waals surface area (Å²) in [6, 6.07) is 16.5. The first-order valence-corrected chi connectivity index (χ1v) is 7.90. The topological polar surface area (TPSA) is 12.0 Å². The second-order valence-corrected chi connectivity index (χ2v) is 5.66. The number of nitrogens with one attached hydrogen (secondary N) is 1. The Morgan fingerprint density at radius 3 is 2.52 bits per heavy atom. The molecule has 116 valence electrons. The van der Waals surface area contributed by atoms with Crippen LogP contribution in [0.15, 0.2) is 78.8 Å². The van der Waals surface area contributed by atoms with Gasteiger partial charge in [-0.15, -0.1) is 0 Å². The number of halogens is 1. The van der Waals surface area contributed by atoms with Crippen LogP contribution >= 0.6 is 0 Å². The van der Waals surface area contributed by atoms with Crippen molar-refractivity contribution in [2.24, 2.45) is 0 Å². The molecule has 1 aliphatic rings. The monoisotopic (exact) mass is 305 g/mol. The van der Waals surface area contributed by atoms with Crippen LogP contribution in [0.1, 0.15) is 24.8 Å². The maximum absolute atomic E-state index is 13.4. The average molecular weight is 305 g/mol. The Hall–Kier alpha value is -2.61. The number of allylic oxidation sites excluding steroid dienone is 4. The molecule has 0 aromatic heterocycles. The number of benzene rings is 2. The molecule has 0 radical (unpaired) electrons. The quantitative estimate of drug-likeness (QED) is 0.696. The standard InChI is InChI=1S/C21H20FN/c1-2-16-10-12-17(13-11-16)20-8-3-4-9-21(20)23-19-7-5-6-18(22)14-15-19/h2-4,8-15,23H,1,5-7H2. The van der Waals surface area contributed by atoms with Crippen LogP contribution in [0.4, 0.5) is 10.1 Å². The van der Waals surface area contributed by atoms with Crippen LogP contribution in [-0.4, -0.2) is 0 Å². The first-order valence-electron chi connectivity index (χ1n) is 7.90. The highest BCUT2D eigenvalue weighted by Crippen LogP contribution is 2.30. The molecule has 0 aliphatic heterocycles. The van der Waals surface area contributed by atoms with Gasteiger partial charge in [0.05, 0.1) is 5.83 Å². The summed E-state index contributed by atoms with van der Waals surface area (Å²) in [6.45, 7) is 3.79. The number of hydrogen-bond donors (Lipinski definition) is 1. The van der Waals surface area contributed by atoms with E-state index in [1.54, 1.807) is 6.08 Å². The zero-order chi connectivity index (χ0) is 16.1. The third kappa shape index (κ3) is 3.78. The summed E-state index contributed by atoms with van der Waals surface area (Å²) in [4.78, 5) is 0. The summed E-state index contributed by atoms with van der Waals surface area (Å²) in [5, 5.41) is 3.47. The Morgan fingerprint density at radius 1 is 0.957 bits per heavy atom. The molecule has 0 atom stereocenters. The second-order valence-electron chi connectivity index (χ2n) is 5.66. The zero-order valence-corrected chi connectivity index (χ0v) is 13.1. The third-order valence-corrected chi connectivity index (χ3v) is 4.01. The average Bonchev–Trinajstić information content (AvgIpc) is 2.80. The van der Waals surface area contributed by atoms with Gasteiger partial charge in [-0.25, -0.2) is 4.39 Å². The number of anilines is 1. The van der Waals surface area contributed by atoms with Crippen molar-refractivity contribution in [3.05, 3.63) is 84.3 Å². The Bertz CT molecular complexity index is 754. The molecule has 2 heteroatoms. The van der Waals surface area contributed by atoms with Crippen LogP contribution in [0.5, 0.6) is 0 Å². The number of hydrogen-bond acceptors (Lipinski definition) is 1. The summed E-state index contributed by atoms with van der Waals surface area (Å²) < 4.78 is 13.4. The van der Waals surface area contributed by atoms with E-state index in [1.807, 2.05) is 24.3 Å². The lowest BCUT2D eigenvalue weighted by Crippen LogP contribution is -2.00. The van der Waals surface area contributed by atoms with Gasteiger partial charge in [-0.05, 0) is 48.6 Å².